The number of hydrogen-bond acceptors (Lipinski definition) is 6. The van der Waals surface area contributed by atoms with E-state index in [9.17, 15) is 10.2 Å². The molecule has 2 aromatic carbocycles. The number of anilines is 1. The highest BCUT2D eigenvalue weighted by molar-refractivity contribution is 5.81. The second-order valence-corrected chi connectivity index (χ2v) is 7.44. The third kappa shape index (κ3) is 3.73. The number of pyridine rings is 1. The second-order valence-electron chi connectivity index (χ2n) is 7.44. The fourth-order valence-electron chi connectivity index (χ4n) is 3.99. The van der Waals surface area contributed by atoms with E-state index in [2.05, 4.69) is 4.90 Å². The number of benzene rings is 2. The van der Waals surface area contributed by atoms with Gasteiger partial charge in [0, 0.05) is 30.1 Å². The van der Waals surface area contributed by atoms with Gasteiger partial charge in [-0.3, -0.25) is 0 Å². The number of hydrogen-bond donors (Lipinski definition) is 2. The Balaban J connectivity index is 1.60. The van der Waals surface area contributed by atoms with Gasteiger partial charge >= 0.3 is 0 Å². The number of aliphatic hydroxyl groups excluding tert-OH is 1. The zero-order valence-corrected chi connectivity index (χ0v) is 16.8. The first-order valence-electron chi connectivity index (χ1n) is 9.77. The zero-order chi connectivity index (χ0) is 20.4. The summed E-state index contributed by atoms with van der Waals surface area (Å²) in [6.45, 7) is 1.20. The Morgan fingerprint density at radius 3 is 2.28 bits per heavy atom. The van der Waals surface area contributed by atoms with Crippen LogP contribution in [0, 0.1) is 0 Å². The first-order valence-corrected chi connectivity index (χ1v) is 9.77. The van der Waals surface area contributed by atoms with Gasteiger partial charge in [0.2, 0.25) is 0 Å². The van der Waals surface area contributed by atoms with Crippen molar-refractivity contribution in [1.82, 2.24) is 4.98 Å². The molecule has 1 aliphatic rings. The average Bonchev–Trinajstić information content (AvgIpc) is 2.78. The first kappa shape index (κ1) is 19.5. The lowest BCUT2D eigenvalue weighted by molar-refractivity contribution is 0.0112. The number of piperidine rings is 1. The number of para-hydroxylation sites is 1. The number of rotatable bonds is 5. The van der Waals surface area contributed by atoms with Crippen molar-refractivity contribution in [2.75, 3.05) is 32.2 Å². The molecule has 0 bridgehead atoms. The van der Waals surface area contributed by atoms with Crippen molar-refractivity contribution < 1.29 is 19.7 Å². The van der Waals surface area contributed by atoms with Gasteiger partial charge in [-0.15, -0.1) is 0 Å². The molecule has 4 rings (SSSR count). The molecule has 0 unspecified atom stereocenters. The van der Waals surface area contributed by atoms with Gasteiger partial charge in [0.15, 0.2) is 0 Å². The number of aliphatic hydroxyl groups is 2. The van der Waals surface area contributed by atoms with E-state index in [0.717, 1.165) is 27.8 Å². The maximum absolute atomic E-state index is 11.3. The molecule has 0 amide bonds. The number of aromatic nitrogens is 1. The molecule has 1 aromatic heterocycles. The highest BCUT2D eigenvalue weighted by Crippen LogP contribution is 2.38. The van der Waals surface area contributed by atoms with Gasteiger partial charge in [-0.05, 0) is 42.7 Å². The Bertz CT molecular complexity index is 991. The monoisotopic (exact) mass is 394 g/mol. The smallest absolute Gasteiger partial charge is 0.134 e. The second kappa shape index (κ2) is 7.89. The van der Waals surface area contributed by atoms with Crippen LogP contribution in [0.1, 0.15) is 24.0 Å². The topological polar surface area (TPSA) is 75.0 Å². The summed E-state index contributed by atoms with van der Waals surface area (Å²) < 4.78 is 10.7. The highest BCUT2D eigenvalue weighted by Gasteiger charge is 2.35. The van der Waals surface area contributed by atoms with Crippen molar-refractivity contribution in [3.63, 3.8) is 0 Å². The van der Waals surface area contributed by atoms with E-state index in [1.54, 1.807) is 20.3 Å². The van der Waals surface area contributed by atoms with Crippen LogP contribution in [-0.2, 0) is 12.2 Å². The van der Waals surface area contributed by atoms with Crippen LogP contribution in [-0.4, -0.2) is 42.5 Å². The Morgan fingerprint density at radius 2 is 1.66 bits per heavy atom. The van der Waals surface area contributed by atoms with Crippen LogP contribution in [0.2, 0.25) is 0 Å². The SMILES string of the molecule is COc1cc(OC)cc(C2(O)CCN(c3nc4ccccc4cc3CO)CC2)c1. The van der Waals surface area contributed by atoms with E-state index in [-0.39, 0.29) is 6.61 Å². The largest absolute Gasteiger partial charge is 0.497 e. The van der Waals surface area contributed by atoms with Gasteiger partial charge in [-0.2, -0.15) is 0 Å². The fourth-order valence-corrected chi connectivity index (χ4v) is 3.99. The third-order valence-electron chi connectivity index (χ3n) is 5.73. The van der Waals surface area contributed by atoms with Crippen LogP contribution in [0.15, 0.2) is 48.5 Å². The van der Waals surface area contributed by atoms with Crippen molar-refractivity contribution in [2.45, 2.75) is 25.0 Å². The van der Waals surface area contributed by atoms with Crippen LogP contribution < -0.4 is 14.4 Å². The predicted octanol–water partition coefficient (Wildman–Crippen LogP) is 3.23. The molecule has 0 spiro atoms. The quantitative estimate of drug-likeness (QED) is 0.692. The zero-order valence-electron chi connectivity index (χ0n) is 16.8. The van der Waals surface area contributed by atoms with Crippen molar-refractivity contribution >= 4 is 16.7 Å². The molecule has 6 heteroatoms. The summed E-state index contributed by atoms with van der Waals surface area (Å²) in [5.74, 6) is 2.11. The molecule has 0 saturated carbocycles. The molecule has 1 fully saturated rings. The van der Waals surface area contributed by atoms with Gasteiger partial charge in [0.1, 0.15) is 17.3 Å². The van der Waals surface area contributed by atoms with Crippen molar-refractivity contribution in [3.8, 4) is 11.5 Å². The van der Waals surface area contributed by atoms with Gasteiger partial charge in [-0.25, -0.2) is 4.98 Å². The number of nitrogens with zero attached hydrogens (tertiary/aromatic N) is 2. The molecular formula is C23H26N2O4. The summed E-state index contributed by atoms with van der Waals surface area (Å²) in [5, 5.41) is 22.2. The molecule has 2 heterocycles. The van der Waals surface area contributed by atoms with Gasteiger partial charge in [0.25, 0.3) is 0 Å². The minimum atomic E-state index is -0.964. The number of ether oxygens (including phenoxy) is 2. The lowest BCUT2D eigenvalue weighted by atomic mass is 9.84. The molecule has 3 aromatic rings. The minimum absolute atomic E-state index is 0.0684. The molecule has 152 valence electrons. The Morgan fingerprint density at radius 1 is 1.00 bits per heavy atom. The van der Waals surface area contributed by atoms with E-state index in [1.165, 1.54) is 0 Å². The third-order valence-corrected chi connectivity index (χ3v) is 5.73. The summed E-state index contributed by atoms with van der Waals surface area (Å²) in [7, 11) is 3.21. The van der Waals surface area contributed by atoms with E-state index in [1.807, 2.05) is 42.5 Å². The van der Waals surface area contributed by atoms with Crippen LogP contribution in [0.4, 0.5) is 5.82 Å². The average molecular weight is 394 g/mol. The summed E-state index contributed by atoms with van der Waals surface area (Å²) in [5.41, 5.74) is 1.53. The first-order chi connectivity index (χ1) is 14.1. The minimum Gasteiger partial charge on any atom is -0.497 e. The molecule has 0 aliphatic carbocycles. The molecule has 0 radical (unpaired) electrons. The normalized spacial score (nSPS) is 16.1. The summed E-state index contributed by atoms with van der Waals surface area (Å²) in [4.78, 5) is 6.93. The van der Waals surface area contributed by atoms with Crippen LogP contribution in [0.25, 0.3) is 10.9 Å². The van der Waals surface area contributed by atoms with Crippen LogP contribution in [0.3, 0.4) is 0 Å². The van der Waals surface area contributed by atoms with Crippen molar-refractivity contribution in [1.29, 1.82) is 0 Å². The van der Waals surface area contributed by atoms with E-state index < -0.39 is 5.60 Å². The predicted molar refractivity (Wildman–Crippen MR) is 113 cm³/mol. The molecule has 1 saturated heterocycles. The highest BCUT2D eigenvalue weighted by atomic mass is 16.5. The number of fused-ring (bicyclic) bond motifs is 1. The molecule has 1 aliphatic heterocycles. The van der Waals surface area contributed by atoms with Crippen molar-refractivity contribution in [3.05, 3.63) is 59.7 Å². The Labute approximate surface area is 170 Å². The molecule has 29 heavy (non-hydrogen) atoms. The van der Waals surface area contributed by atoms with Crippen molar-refractivity contribution in [2.24, 2.45) is 0 Å². The maximum Gasteiger partial charge on any atom is 0.134 e. The van der Waals surface area contributed by atoms with Crippen LogP contribution in [0.5, 0.6) is 11.5 Å². The van der Waals surface area contributed by atoms with Gasteiger partial charge < -0.3 is 24.6 Å². The summed E-state index contributed by atoms with van der Waals surface area (Å²) >= 11 is 0. The Hall–Kier alpha value is -2.83. The standard InChI is InChI=1S/C23H26N2O4/c1-28-19-12-18(13-20(14-19)29-2)23(27)7-9-25(10-8-23)22-17(15-26)11-16-5-3-4-6-21(16)24-22/h3-6,11-14,26-27H,7-10,15H2,1-2H3. The van der Waals surface area contributed by atoms with Crippen LogP contribution >= 0.6 is 0 Å². The number of methoxy groups -OCH3 is 2. The van der Waals surface area contributed by atoms with Gasteiger partial charge in [0.05, 0.1) is 31.9 Å². The lowest BCUT2D eigenvalue weighted by Crippen LogP contribution is -2.43. The van der Waals surface area contributed by atoms with E-state index in [4.69, 9.17) is 14.5 Å². The fraction of sp³-hybridized carbons (Fsp3) is 0.348. The van der Waals surface area contributed by atoms with E-state index >= 15 is 0 Å². The molecule has 2 N–H and O–H groups in total. The van der Waals surface area contributed by atoms with E-state index in [0.29, 0.717) is 37.4 Å². The molecule has 0 atom stereocenters. The lowest BCUT2D eigenvalue weighted by Gasteiger charge is -2.39. The Kier molecular flexibility index (Phi) is 5.30. The molecular weight excluding hydrogens is 368 g/mol. The molecule has 6 nitrogen and oxygen atoms in total. The van der Waals surface area contributed by atoms with Gasteiger partial charge in [-0.1, -0.05) is 18.2 Å². The summed E-state index contributed by atoms with van der Waals surface area (Å²) in [6.07, 6.45) is 1.09. The summed E-state index contributed by atoms with van der Waals surface area (Å²) in [6, 6.07) is 15.4. The maximum atomic E-state index is 11.3.